The fourth-order valence-corrected chi connectivity index (χ4v) is 4.83. The van der Waals surface area contributed by atoms with Gasteiger partial charge in [-0.25, -0.2) is 4.98 Å². The summed E-state index contributed by atoms with van der Waals surface area (Å²) in [6.07, 6.45) is 1.34. The summed E-state index contributed by atoms with van der Waals surface area (Å²) in [5.41, 5.74) is 0.686. The number of ether oxygens (including phenoxy) is 1. The third-order valence-electron chi connectivity index (χ3n) is 7.01. The predicted molar refractivity (Wildman–Crippen MR) is 137 cm³/mol. The zero-order valence-corrected chi connectivity index (χ0v) is 22.6. The Labute approximate surface area is 212 Å². The van der Waals surface area contributed by atoms with Crippen molar-refractivity contribution in [1.29, 1.82) is 0 Å². The summed E-state index contributed by atoms with van der Waals surface area (Å²) in [6.45, 7) is 12.1. The van der Waals surface area contributed by atoms with Crippen molar-refractivity contribution in [3.05, 3.63) is 33.3 Å². The Hall–Kier alpha value is -2.16. The number of hydrogen-bond acceptors (Lipinski definition) is 8. The molecular weight excluding hydrogens is 466 g/mol. The van der Waals surface area contributed by atoms with Crippen molar-refractivity contribution < 1.29 is 29.3 Å². The van der Waals surface area contributed by atoms with Crippen molar-refractivity contribution >= 4 is 34.9 Å². The van der Waals surface area contributed by atoms with Gasteiger partial charge in [-0.3, -0.25) is 14.4 Å². The van der Waals surface area contributed by atoms with Crippen LogP contribution in [-0.4, -0.2) is 51.0 Å². The van der Waals surface area contributed by atoms with E-state index in [1.54, 1.807) is 40.7 Å². The topological polar surface area (TPSA) is 114 Å². The summed E-state index contributed by atoms with van der Waals surface area (Å²) in [6, 6.07) is 0. The fraction of sp³-hybridized carbons (Fsp3) is 0.630. The molecule has 1 aliphatic heterocycles. The van der Waals surface area contributed by atoms with Gasteiger partial charge in [0.15, 0.2) is 5.78 Å². The van der Waals surface area contributed by atoms with Crippen LogP contribution < -0.4 is 0 Å². The highest BCUT2D eigenvalue weighted by Gasteiger charge is 2.42. The molecule has 1 aliphatic rings. The molecule has 1 aromatic rings. The second-order valence-electron chi connectivity index (χ2n) is 10.3. The molecule has 0 aliphatic carbocycles. The number of carbonyl (C=O) groups is 3. The maximum absolute atomic E-state index is 13.2. The second-order valence-corrected chi connectivity index (χ2v) is 11.4. The molecule has 2 rings (SSSR count). The van der Waals surface area contributed by atoms with Gasteiger partial charge in [0.2, 0.25) is 0 Å². The number of hydrogen-bond donors (Lipinski definition) is 2. The largest absolute Gasteiger partial charge is 0.457 e. The SMILES string of the molecule is C/C1=C\CCC(C)C(O)C(C)C(=O)C(C)(C)C(O)CC(=O)OC(/C(C)=C/c2csc(C)n2)CC1=O. The second kappa shape index (κ2) is 12.2. The summed E-state index contributed by atoms with van der Waals surface area (Å²) in [4.78, 5) is 43.4. The summed E-state index contributed by atoms with van der Waals surface area (Å²) >= 11 is 1.50. The zero-order valence-electron chi connectivity index (χ0n) is 21.8. The normalized spacial score (nSPS) is 31.6. The number of esters is 1. The van der Waals surface area contributed by atoms with Crippen molar-refractivity contribution in [3.63, 3.8) is 0 Å². The Morgan fingerprint density at radius 1 is 1.17 bits per heavy atom. The van der Waals surface area contributed by atoms with Gasteiger partial charge >= 0.3 is 5.97 Å². The predicted octanol–water partition coefficient (Wildman–Crippen LogP) is 4.45. The molecule has 5 atom stereocenters. The highest BCUT2D eigenvalue weighted by atomic mass is 32.1. The number of aryl methyl sites for hydroxylation is 1. The van der Waals surface area contributed by atoms with E-state index < -0.39 is 42.0 Å². The molecule has 2 N–H and O–H groups in total. The number of allylic oxidation sites excluding steroid dienone is 2. The minimum absolute atomic E-state index is 0.0346. The molecule has 0 amide bonds. The van der Waals surface area contributed by atoms with Crippen LogP contribution in [0, 0.1) is 24.2 Å². The van der Waals surface area contributed by atoms with Gasteiger partial charge < -0.3 is 14.9 Å². The number of cyclic esters (lactones) is 1. The van der Waals surface area contributed by atoms with E-state index in [-0.39, 0.29) is 23.9 Å². The van der Waals surface area contributed by atoms with Crippen molar-refractivity contribution in [1.82, 2.24) is 4.98 Å². The Bertz CT molecular complexity index is 992. The van der Waals surface area contributed by atoms with Crippen LogP contribution in [0.15, 0.2) is 22.6 Å². The molecule has 0 aromatic carbocycles. The van der Waals surface area contributed by atoms with Crippen molar-refractivity contribution in [2.75, 3.05) is 0 Å². The summed E-state index contributed by atoms with van der Waals surface area (Å²) in [5, 5.41) is 24.3. The maximum Gasteiger partial charge on any atom is 0.309 e. The van der Waals surface area contributed by atoms with Crippen LogP contribution in [0.3, 0.4) is 0 Å². The number of ketones is 2. The molecule has 8 heteroatoms. The molecule has 1 aromatic heterocycles. The van der Waals surface area contributed by atoms with E-state index in [4.69, 9.17) is 4.74 Å². The molecule has 0 fully saturated rings. The van der Waals surface area contributed by atoms with Gasteiger partial charge in [-0.15, -0.1) is 11.3 Å². The lowest BCUT2D eigenvalue weighted by atomic mass is 9.73. The third kappa shape index (κ3) is 7.66. The Kier molecular flexibility index (Phi) is 10.1. The monoisotopic (exact) mass is 505 g/mol. The average molecular weight is 506 g/mol. The van der Waals surface area contributed by atoms with Crippen LogP contribution in [0.5, 0.6) is 0 Å². The lowest BCUT2D eigenvalue weighted by Crippen LogP contribution is -2.45. The van der Waals surface area contributed by atoms with Crippen LogP contribution in [0.1, 0.15) is 77.9 Å². The quantitative estimate of drug-likeness (QED) is 0.571. The molecule has 0 spiro atoms. The summed E-state index contributed by atoms with van der Waals surface area (Å²) in [7, 11) is 0. The van der Waals surface area contributed by atoms with Crippen molar-refractivity contribution in [3.8, 4) is 0 Å². The number of carbonyl (C=O) groups excluding carboxylic acids is 3. The number of rotatable bonds is 2. The number of aliphatic hydroxyl groups excluding tert-OH is 2. The number of aliphatic hydroxyl groups is 2. The van der Waals surface area contributed by atoms with E-state index in [2.05, 4.69) is 4.98 Å². The van der Waals surface area contributed by atoms with E-state index >= 15 is 0 Å². The Balaban J connectivity index is 2.39. The smallest absolute Gasteiger partial charge is 0.309 e. The van der Waals surface area contributed by atoms with Gasteiger partial charge in [0.1, 0.15) is 11.9 Å². The fourth-order valence-electron chi connectivity index (χ4n) is 4.26. The molecule has 194 valence electrons. The van der Waals surface area contributed by atoms with Crippen LogP contribution >= 0.6 is 11.3 Å². The van der Waals surface area contributed by atoms with E-state index in [1.807, 2.05) is 25.3 Å². The molecule has 0 radical (unpaired) electrons. The zero-order chi connectivity index (χ0) is 26.5. The number of Topliss-reactive ketones (excluding diaryl/α,β-unsaturated/α-hetero) is 2. The minimum Gasteiger partial charge on any atom is -0.457 e. The van der Waals surface area contributed by atoms with Gasteiger partial charge in [-0.05, 0) is 56.8 Å². The standard InChI is InChI=1S/C27H39NO6S/c1-15-9-8-10-16(2)25(32)18(4)26(33)27(6,7)23(30)13-24(31)34-22(12-21(15)29)17(3)11-20-14-35-19(5)28-20/h9,11,14,16,18,22-23,25,30,32H,8,10,12-13H2,1-7H3/b15-9+,17-11+. The van der Waals surface area contributed by atoms with E-state index in [9.17, 15) is 24.6 Å². The van der Waals surface area contributed by atoms with Gasteiger partial charge in [0, 0.05) is 11.3 Å². The lowest BCUT2D eigenvalue weighted by Gasteiger charge is -2.34. The molecule has 35 heavy (non-hydrogen) atoms. The van der Waals surface area contributed by atoms with Crippen LogP contribution in [-0.2, 0) is 19.1 Å². The van der Waals surface area contributed by atoms with Crippen molar-refractivity contribution in [2.45, 2.75) is 92.5 Å². The number of aromatic nitrogens is 1. The molecule has 5 unspecified atom stereocenters. The first kappa shape index (κ1) is 29.1. The average Bonchev–Trinajstić information content (AvgIpc) is 3.20. The first-order valence-electron chi connectivity index (χ1n) is 12.1. The van der Waals surface area contributed by atoms with E-state index in [0.717, 1.165) is 10.7 Å². The minimum atomic E-state index is -1.30. The van der Waals surface area contributed by atoms with E-state index in [0.29, 0.717) is 24.0 Å². The van der Waals surface area contributed by atoms with Crippen LogP contribution in [0.25, 0.3) is 6.08 Å². The summed E-state index contributed by atoms with van der Waals surface area (Å²) in [5.74, 6) is -2.05. The van der Waals surface area contributed by atoms with E-state index in [1.165, 1.54) is 11.3 Å². The van der Waals surface area contributed by atoms with Crippen LogP contribution in [0.2, 0.25) is 0 Å². The first-order valence-corrected chi connectivity index (χ1v) is 13.0. The van der Waals surface area contributed by atoms with Gasteiger partial charge in [-0.2, -0.15) is 0 Å². The number of thiazole rings is 1. The molecule has 0 saturated heterocycles. The number of nitrogens with zero attached hydrogens (tertiary/aromatic N) is 1. The van der Waals surface area contributed by atoms with Gasteiger partial charge in [0.25, 0.3) is 0 Å². The van der Waals surface area contributed by atoms with Gasteiger partial charge in [0.05, 0.1) is 41.2 Å². The highest BCUT2D eigenvalue weighted by molar-refractivity contribution is 7.09. The first-order chi connectivity index (χ1) is 16.2. The van der Waals surface area contributed by atoms with Crippen molar-refractivity contribution in [2.24, 2.45) is 17.3 Å². The van der Waals surface area contributed by atoms with Gasteiger partial charge in [-0.1, -0.05) is 33.8 Å². The Morgan fingerprint density at radius 2 is 1.83 bits per heavy atom. The highest BCUT2D eigenvalue weighted by Crippen LogP contribution is 2.32. The molecule has 2 heterocycles. The lowest BCUT2D eigenvalue weighted by molar-refractivity contribution is -0.154. The summed E-state index contributed by atoms with van der Waals surface area (Å²) < 4.78 is 5.67. The molecule has 0 saturated carbocycles. The molecule has 7 nitrogen and oxygen atoms in total. The molecular formula is C27H39NO6S. The Morgan fingerprint density at radius 3 is 2.43 bits per heavy atom. The third-order valence-corrected chi connectivity index (χ3v) is 7.81. The molecule has 0 bridgehead atoms. The maximum atomic E-state index is 13.2. The van der Waals surface area contributed by atoms with Crippen LogP contribution in [0.4, 0.5) is 0 Å².